The number of rotatable bonds is 5. The predicted octanol–water partition coefficient (Wildman–Crippen LogP) is 1.40. The van der Waals surface area contributed by atoms with Gasteiger partial charge in [-0.2, -0.15) is 0 Å². The quantitative estimate of drug-likeness (QED) is 0.817. The Morgan fingerprint density at radius 2 is 1.90 bits per heavy atom. The second-order valence-corrected chi connectivity index (χ2v) is 4.65. The number of hydrogen-bond donors (Lipinski definition) is 2. The monoisotopic (exact) mass is 290 g/mol. The van der Waals surface area contributed by atoms with Crippen molar-refractivity contribution in [1.82, 2.24) is 0 Å². The average Bonchev–Trinajstić information content (AvgIpc) is 2.48. The fourth-order valence-corrected chi connectivity index (χ4v) is 1.95. The first-order valence-corrected chi connectivity index (χ1v) is 6.43. The molecule has 2 N–H and O–H groups in total. The number of ether oxygens (including phenoxy) is 2. The smallest absolute Gasteiger partial charge is 0.492 e. The van der Waals surface area contributed by atoms with Crippen LogP contribution in [0.15, 0.2) is 36.4 Å². The molecule has 0 aliphatic rings. The highest BCUT2D eigenvalue weighted by molar-refractivity contribution is 6.59. The van der Waals surface area contributed by atoms with Crippen molar-refractivity contribution in [2.45, 2.75) is 13.5 Å². The average molecular weight is 290 g/mol. The van der Waals surface area contributed by atoms with Crippen molar-refractivity contribution in [3.05, 3.63) is 53.3 Å². The lowest BCUT2D eigenvalue weighted by molar-refractivity contribution is 0.305. The lowest BCUT2D eigenvalue weighted by Gasteiger charge is -2.11. The Bertz CT molecular complexity index is 631. The highest BCUT2D eigenvalue weighted by Crippen LogP contribution is 2.18. The van der Waals surface area contributed by atoms with Gasteiger partial charge in [-0.3, -0.25) is 0 Å². The first-order chi connectivity index (χ1) is 10.0. The molecule has 0 fully saturated rings. The molecule has 4 nitrogen and oxygen atoms in total. The van der Waals surface area contributed by atoms with Crippen LogP contribution in [0.25, 0.3) is 0 Å². The van der Waals surface area contributed by atoms with Crippen LogP contribution in [-0.4, -0.2) is 24.3 Å². The van der Waals surface area contributed by atoms with Crippen LogP contribution >= 0.6 is 0 Å². The summed E-state index contributed by atoms with van der Waals surface area (Å²) in [5.74, 6) is 0.666. The third-order valence-electron chi connectivity index (χ3n) is 3.11. The van der Waals surface area contributed by atoms with Crippen molar-refractivity contribution in [1.29, 1.82) is 0 Å². The van der Waals surface area contributed by atoms with Crippen LogP contribution in [0.4, 0.5) is 4.39 Å². The number of halogens is 1. The Morgan fingerprint density at radius 3 is 2.52 bits per heavy atom. The SMILES string of the molecule is COc1ccc(COc2ccc(F)c(C)c2)cc1B(O)O. The van der Waals surface area contributed by atoms with E-state index in [2.05, 4.69) is 0 Å². The number of hydrogen-bond acceptors (Lipinski definition) is 4. The molecule has 0 spiro atoms. The van der Waals surface area contributed by atoms with Crippen molar-refractivity contribution in [3.8, 4) is 11.5 Å². The van der Waals surface area contributed by atoms with Crippen molar-refractivity contribution >= 4 is 12.6 Å². The zero-order valence-electron chi connectivity index (χ0n) is 11.8. The molecule has 21 heavy (non-hydrogen) atoms. The van der Waals surface area contributed by atoms with Crippen molar-refractivity contribution in [3.63, 3.8) is 0 Å². The van der Waals surface area contributed by atoms with E-state index in [0.717, 1.165) is 5.56 Å². The molecule has 0 unspecified atom stereocenters. The van der Waals surface area contributed by atoms with Crippen molar-refractivity contribution < 1.29 is 23.9 Å². The van der Waals surface area contributed by atoms with Gasteiger partial charge in [0.1, 0.15) is 23.9 Å². The number of benzene rings is 2. The number of aryl methyl sites for hydroxylation is 1. The molecule has 6 heteroatoms. The number of methoxy groups -OCH3 is 1. The van der Waals surface area contributed by atoms with Gasteiger partial charge in [0.05, 0.1) is 7.11 Å². The van der Waals surface area contributed by atoms with Gasteiger partial charge in [-0.15, -0.1) is 0 Å². The van der Waals surface area contributed by atoms with Crippen LogP contribution in [0.5, 0.6) is 11.5 Å². The van der Waals surface area contributed by atoms with Crippen LogP contribution in [0.2, 0.25) is 0 Å². The van der Waals surface area contributed by atoms with Gasteiger partial charge >= 0.3 is 7.12 Å². The summed E-state index contributed by atoms with van der Waals surface area (Å²) in [4.78, 5) is 0. The van der Waals surface area contributed by atoms with Gasteiger partial charge in [-0.25, -0.2) is 4.39 Å². The van der Waals surface area contributed by atoms with E-state index >= 15 is 0 Å². The maximum atomic E-state index is 13.2. The van der Waals surface area contributed by atoms with Crippen LogP contribution in [0.3, 0.4) is 0 Å². The Balaban J connectivity index is 2.12. The summed E-state index contributed by atoms with van der Waals surface area (Å²) >= 11 is 0. The molecule has 0 aliphatic heterocycles. The summed E-state index contributed by atoms with van der Waals surface area (Å²) in [5, 5.41) is 18.6. The Kier molecular flexibility index (Phi) is 4.83. The molecule has 0 bridgehead atoms. The molecule has 0 amide bonds. The summed E-state index contributed by atoms with van der Waals surface area (Å²) in [6.45, 7) is 1.89. The largest absolute Gasteiger partial charge is 0.497 e. The molecular formula is C15H16BFO4. The van der Waals surface area contributed by atoms with E-state index in [-0.39, 0.29) is 17.9 Å². The lowest BCUT2D eigenvalue weighted by atomic mass is 9.79. The Hall–Kier alpha value is -2.05. The lowest BCUT2D eigenvalue weighted by Crippen LogP contribution is -2.31. The van der Waals surface area contributed by atoms with Gasteiger partial charge in [0, 0.05) is 5.46 Å². The fourth-order valence-electron chi connectivity index (χ4n) is 1.95. The first kappa shape index (κ1) is 15.3. The van der Waals surface area contributed by atoms with E-state index in [4.69, 9.17) is 9.47 Å². The van der Waals surface area contributed by atoms with Crippen LogP contribution in [0, 0.1) is 12.7 Å². The van der Waals surface area contributed by atoms with Gasteiger partial charge in [0.2, 0.25) is 0 Å². The predicted molar refractivity (Wildman–Crippen MR) is 78.3 cm³/mol. The summed E-state index contributed by atoms with van der Waals surface area (Å²) in [7, 11) is -0.161. The van der Waals surface area contributed by atoms with Gasteiger partial charge < -0.3 is 19.5 Å². The van der Waals surface area contributed by atoms with E-state index in [9.17, 15) is 14.4 Å². The van der Waals surface area contributed by atoms with Gasteiger partial charge in [0.25, 0.3) is 0 Å². The molecular weight excluding hydrogens is 274 g/mol. The molecule has 0 atom stereocenters. The van der Waals surface area contributed by atoms with Gasteiger partial charge in [-0.1, -0.05) is 12.1 Å². The molecule has 0 aliphatic carbocycles. The van der Waals surface area contributed by atoms with E-state index in [0.29, 0.717) is 17.1 Å². The summed E-state index contributed by atoms with van der Waals surface area (Å²) in [6.07, 6.45) is 0. The molecule has 0 saturated carbocycles. The normalized spacial score (nSPS) is 10.3. The third-order valence-corrected chi connectivity index (χ3v) is 3.11. The molecule has 2 aromatic carbocycles. The molecule has 0 aromatic heterocycles. The van der Waals surface area contributed by atoms with Crippen LogP contribution in [0.1, 0.15) is 11.1 Å². The second-order valence-electron chi connectivity index (χ2n) is 4.65. The molecule has 0 saturated heterocycles. The highest BCUT2D eigenvalue weighted by atomic mass is 19.1. The van der Waals surface area contributed by atoms with E-state index in [1.807, 2.05) is 0 Å². The summed E-state index contributed by atoms with van der Waals surface area (Å²) < 4.78 is 23.8. The fraction of sp³-hybridized carbons (Fsp3) is 0.200. The van der Waals surface area contributed by atoms with E-state index in [1.165, 1.54) is 13.2 Å². The van der Waals surface area contributed by atoms with Crippen molar-refractivity contribution in [2.24, 2.45) is 0 Å². The van der Waals surface area contributed by atoms with Crippen molar-refractivity contribution in [2.75, 3.05) is 7.11 Å². The Morgan fingerprint density at radius 1 is 1.14 bits per heavy atom. The minimum Gasteiger partial charge on any atom is -0.497 e. The highest BCUT2D eigenvalue weighted by Gasteiger charge is 2.17. The van der Waals surface area contributed by atoms with E-state index < -0.39 is 7.12 Å². The third kappa shape index (κ3) is 3.74. The summed E-state index contributed by atoms with van der Waals surface area (Å²) in [6, 6.07) is 9.51. The zero-order valence-corrected chi connectivity index (χ0v) is 11.8. The Labute approximate surface area is 122 Å². The zero-order chi connectivity index (χ0) is 15.4. The topological polar surface area (TPSA) is 58.9 Å². The maximum absolute atomic E-state index is 13.2. The van der Waals surface area contributed by atoms with E-state index in [1.54, 1.807) is 37.3 Å². The first-order valence-electron chi connectivity index (χ1n) is 6.43. The minimum atomic E-state index is -1.62. The minimum absolute atomic E-state index is 0.231. The van der Waals surface area contributed by atoms with Crippen LogP contribution in [-0.2, 0) is 6.61 Å². The molecule has 2 rings (SSSR count). The molecule has 110 valence electrons. The maximum Gasteiger partial charge on any atom is 0.492 e. The molecule has 0 heterocycles. The van der Waals surface area contributed by atoms with Gasteiger partial charge in [-0.05, 0) is 42.3 Å². The summed E-state index contributed by atoms with van der Waals surface area (Å²) in [5.41, 5.74) is 1.53. The second kappa shape index (κ2) is 6.60. The van der Waals surface area contributed by atoms with Crippen LogP contribution < -0.4 is 14.9 Å². The molecule has 2 aromatic rings. The van der Waals surface area contributed by atoms with Gasteiger partial charge in [0.15, 0.2) is 0 Å². The standard InChI is InChI=1S/C15H16BFO4/c1-10-7-12(4-5-14(10)17)21-9-11-3-6-15(20-2)13(8-11)16(18)19/h3-8,18-19H,9H2,1-2H3. The molecule has 0 radical (unpaired) electrons.